The Hall–Kier alpha value is -9.43. The Balaban J connectivity index is 0.000000273. The van der Waals surface area contributed by atoms with Gasteiger partial charge in [-0.05, 0) is 163 Å². The highest BCUT2D eigenvalue weighted by atomic mass is 16.6. The lowest BCUT2D eigenvalue weighted by Gasteiger charge is -2.30. The van der Waals surface area contributed by atoms with Crippen molar-refractivity contribution in [1.29, 1.82) is 0 Å². The number of rotatable bonds is 28. The lowest BCUT2D eigenvalue weighted by atomic mass is 10.0. The van der Waals surface area contributed by atoms with E-state index < -0.39 is 130 Å². The van der Waals surface area contributed by atoms with Crippen LogP contribution in [0.25, 0.3) is 0 Å². The molecule has 2 aromatic rings. The first-order valence-corrected chi connectivity index (χ1v) is 37.1. The normalized spacial score (nSPS) is 22.4. The number of aliphatic carboxylic acids is 1. The van der Waals surface area contributed by atoms with Crippen LogP contribution >= 0.6 is 0 Å². The van der Waals surface area contributed by atoms with E-state index in [4.69, 9.17) is 38.3 Å². The van der Waals surface area contributed by atoms with E-state index in [9.17, 15) is 52.7 Å². The second-order valence-corrected chi connectivity index (χ2v) is 30.6. The summed E-state index contributed by atoms with van der Waals surface area (Å²) in [5, 5.41) is 19.8. The first kappa shape index (κ1) is 85.5. The van der Waals surface area contributed by atoms with Crippen LogP contribution in [0.2, 0.25) is 0 Å². The molecular formula is C79H114N8O19. The fourth-order valence-corrected chi connectivity index (χ4v) is 13.1. The molecule has 2 aromatic carbocycles. The molecule has 0 spiro atoms. The predicted octanol–water partition coefficient (Wildman–Crippen LogP) is 11.1. The molecule has 27 heteroatoms. The molecule has 2 aliphatic carbocycles. The van der Waals surface area contributed by atoms with Crippen LogP contribution < -0.4 is 21.3 Å². The van der Waals surface area contributed by atoms with Crippen LogP contribution in [0.1, 0.15) is 188 Å². The number of nitrogens with one attached hydrogen (secondary N) is 4. The lowest BCUT2D eigenvalue weighted by Crippen LogP contribution is -2.56. The van der Waals surface area contributed by atoms with Gasteiger partial charge in [-0.15, -0.1) is 26.3 Å². The van der Waals surface area contributed by atoms with Gasteiger partial charge in [0.05, 0.1) is 26.3 Å². The predicted molar refractivity (Wildman–Crippen MR) is 395 cm³/mol. The highest BCUT2D eigenvalue weighted by molar-refractivity contribution is 5.97. The van der Waals surface area contributed by atoms with Crippen LogP contribution in [-0.2, 0) is 87.9 Å². The molecule has 4 aliphatic heterocycles. The van der Waals surface area contributed by atoms with Gasteiger partial charge in [-0.25, -0.2) is 38.4 Å². The van der Waals surface area contributed by atoms with Crippen LogP contribution in [0, 0.1) is 11.8 Å². The molecule has 8 rings (SSSR count). The smallest absolute Gasteiger partial charge is 0.411 e. The summed E-state index contributed by atoms with van der Waals surface area (Å²) >= 11 is 0. The van der Waals surface area contributed by atoms with E-state index >= 15 is 0 Å². The largest absolute Gasteiger partial charge is 0.480 e. The number of carboxylic acids is 1. The zero-order chi connectivity index (χ0) is 78.3. The Morgan fingerprint density at radius 2 is 0.915 bits per heavy atom. The molecule has 4 heterocycles. The molecule has 6 aliphatic rings. The summed E-state index contributed by atoms with van der Waals surface area (Å²) in [6.45, 7) is 36.0. The van der Waals surface area contributed by atoms with E-state index in [1.807, 2.05) is 54.6 Å². The Morgan fingerprint density at radius 3 is 1.29 bits per heavy atom. The van der Waals surface area contributed by atoms with Gasteiger partial charge in [0.25, 0.3) is 0 Å². The molecule has 106 heavy (non-hydrogen) atoms. The Labute approximate surface area is 624 Å². The second-order valence-electron chi connectivity index (χ2n) is 30.6. The molecule has 10 atom stereocenters. The number of hydrogen-bond acceptors (Lipinski definition) is 18. The molecule has 8 amide bonds. The highest BCUT2D eigenvalue weighted by Crippen LogP contribution is 2.47. The quantitative estimate of drug-likeness (QED) is 0.0229. The zero-order valence-corrected chi connectivity index (χ0v) is 63.9. The van der Waals surface area contributed by atoms with Gasteiger partial charge < -0.3 is 74.2 Å². The van der Waals surface area contributed by atoms with E-state index in [0.717, 1.165) is 62.5 Å². The molecule has 0 unspecified atom stereocenters. The first-order chi connectivity index (χ1) is 50.0. The minimum Gasteiger partial charge on any atom is -0.480 e. The van der Waals surface area contributed by atoms with Crippen LogP contribution in [0.4, 0.5) is 24.0 Å². The topological polar surface area (TPSA) is 334 Å². The van der Waals surface area contributed by atoms with Gasteiger partial charge in [-0.1, -0.05) is 98.5 Å². The Bertz CT molecular complexity index is 3470. The summed E-state index contributed by atoms with van der Waals surface area (Å²) in [5.41, 5.74) is -0.188. The van der Waals surface area contributed by atoms with Gasteiger partial charge in [0, 0.05) is 50.9 Å². The molecule has 0 radical (unpaired) electrons. The lowest BCUT2D eigenvalue weighted by molar-refractivity contribution is -0.150. The molecule has 0 bridgehead atoms. The third kappa shape index (κ3) is 25.1. The molecule has 0 aromatic heterocycles. The van der Waals surface area contributed by atoms with E-state index in [1.165, 1.54) is 20.9 Å². The van der Waals surface area contributed by atoms with E-state index in [2.05, 4.69) is 53.6 Å². The summed E-state index contributed by atoms with van der Waals surface area (Å²) < 4.78 is 38.2. The number of esters is 2. The summed E-state index contributed by atoms with van der Waals surface area (Å²) in [4.78, 5) is 148. The zero-order valence-electron chi connectivity index (χ0n) is 63.9. The van der Waals surface area contributed by atoms with Gasteiger partial charge in [0.15, 0.2) is 0 Å². The number of hydrogen-bond donors (Lipinski definition) is 5. The number of allylic oxidation sites excluding steroid dienone is 2. The molecule has 584 valence electrons. The monoisotopic (exact) mass is 1480 g/mol. The van der Waals surface area contributed by atoms with E-state index in [0.29, 0.717) is 64.7 Å². The third-order valence-corrected chi connectivity index (χ3v) is 18.7. The number of ether oxygens (including phenoxy) is 7. The van der Waals surface area contributed by atoms with Crippen LogP contribution in [0.5, 0.6) is 0 Å². The third-order valence-electron chi connectivity index (χ3n) is 18.7. The number of alkyl carbamates (subject to hydrolysis) is 2. The maximum absolute atomic E-state index is 14.3. The van der Waals surface area contributed by atoms with Crippen LogP contribution in [-0.4, -0.2) is 194 Å². The number of amides is 8. The standard InChI is InChI=1S/C37H52N4O8.C28H37N3O7.C14H25NO4/c1-7-10-11-12-13-18-29(38-34(45)49-36(4,5)6)32(43)41-24-28(48-35(46)40-20-19-25-16-14-15-17-26(25)23-40)21-30(41)31(42)39-37(22-27(37)8-2)33(44)47-9-3;1-6-20-15-28(20,24(33)36-7-2)29-23(32)22-14-21(17-31(22)26(35)38-27(3,4)5)37-25(34)30-13-12-18-10-8-9-11-19(18)16-30;1-5-6-7-8-9-10-11(12(16)17)15-13(18)19-14(2,3)4/h7-8,14-17,27-30H,1-2,9-13,18-24H2,3-6H3,(H,38,45)(H,39,42);6,8-11,20-22H,1,7,12-17H2,2-5H3,(H,29,32);5,11H,1,6-10H2,2-4H3,(H,15,18)(H,16,17)/t27-,28-,29+,30+,37-;20-,21-,22+,28-;11-/m110/s1. The van der Waals surface area contributed by atoms with Crippen molar-refractivity contribution < 1.29 is 91.0 Å². The number of fused-ring (bicyclic) bond motifs is 2. The minimum atomic E-state index is -1.28. The average molecular weight is 1480 g/mol. The average Bonchev–Trinajstić information content (AvgIpc) is 1.59. The van der Waals surface area contributed by atoms with Crippen molar-refractivity contribution in [3.05, 3.63) is 121 Å². The van der Waals surface area contributed by atoms with Crippen molar-refractivity contribution in [2.75, 3.05) is 39.4 Å². The van der Waals surface area contributed by atoms with E-state index in [-0.39, 0.29) is 51.0 Å². The van der Waals surface area contributed by atoms with Crippen LogP contribution in [0.15, 0.2) is 99.2 Å². The highest BCUT2D eigenvalue weighted by Gasteiger charge is 2.63. The van der Waals surface area contributed by atoms with Crippen molar-refractivity contribution >= 4 is 66.1 Å². The molecule has 2 saturated carbocycles. The maximum atomic E-state index is 14.3. The maximum Gasteiger partial charge on any atom is 0.411 e. The van der Waals surface area contributed by atoms with Crippen molar-refractivity contribution in [1.82, 2.24) is 40.9 Å². The van der Waals surface area contributed by atoms with Gasteiger partial charge >= 0.3 is 48.4 Å². The number of unbranched alkanes of at least 4 members (excludes halogenated alkanes) is 6. The molecule has 5 N–H and O–H groups in total. The minimum absolute atomic E-state index is 0.000457. The van der Waals surface area contributed by atoms with Crippen molar-refractivity contribution in [2.45, 2.75) is 256 Å². The fourth-order valence-electron chi connectivity index (χ4n) is 13.1. The van der Waals surface area contributed by atoms with E-state index in [1.54, 1.807) is 98.1 Å². The number of nitrogens with zero attached hydrogens (tertiary/aromatic N) is 4. The number of benzene rings is 2. The number of carbonyl (C=O) groups is 11. The first-order valence-electron chi connectivity index (χ1n) is 37.1. The summed E-state index contributed by atoms with van der Waals surface area (Å²) in [6.07, 6.45) is 11.9. The molecule has 2 saturated heterocycles. The van der Waals surface area contributed by atoms with Crippen molar-refractivity contribution in [3.8, 4) is 0 Å². The Kier molecular flexibility index (Phi) is 31.2. The van der Waals surface area contributed by atoms with Gasteiger partial charge in [0.2, 0.25) is 17.7 Å². The molecule has 4 fully saturated rings. The van der Waals surface area contributed by atoms with Gasteiger partial charge in [0.1, 0.15) is 64.3 Å². The number of likely N-dealkylation sites (tertiary alicyclic amines) is 2. The van der Waals surface area contributed by atoms with Crippen molar-refractivity contribution in [3.63, 3.8) is 0 Å². The second kappa shape index (κ2) is 38.7. The molecule has 27 nitrogen and oxygen atoms in total. The Morgan fingerprint density at radius 1 is 0.528 bits per heavy atom. The summed E-state index contributed by atoms with van der Waals surface area (Å²) in [6, 6.07) is 11.9. The summed E-state index contributed by atoms with van der Waals surface area (Å²) in [5.74, 6) is -4.32. The van der Waals surface area contributed by atoms with Gasteiger partial charge in [-0.3, -0.25) is 19.3 Å². The SMILES string of the molecule is C=CCCCCC[C@H](NC(=O)OC(C)(C)C)C(=O)N1C[C@H](OC(=O)N2CCc3ccccc3C2)C[C@H]1C(=O)N[C@]1(C(=O)OCC)C[C@H]1C=C.C=CCCCCC[C@H](NC(=O)OC(C)(C)C)C(=O)O.C=C[C@@H]1C[C@]1(NC(=O)[C@@H]1C[C@@H](OC(=O)N2CCc3ccccc3C2)CN1C(=O)OC(C)(C)C)C(=O)OCC. The van der Waals surface area contributed by atoms with Crippen LogP contribution in [0.3, 0.4) is 0 Å². The van der Waals surface area contributed by atoms with Crippen molar-refractivity contribution in [2.24, 2.45) is 11.8 Å². The number of carbonyl (C=O) groups excluding carboxylic acids is 10. The summed E-state index contributed by atoms with van der Waals surface area (Å²) in [7, 11) is 0. The molecular weight excluding hydrogens is 1360 g/mol. The number of carboxylic acid groups (broad SMARTS) is 1. The fraction of sp³-hybridized carbons (Fsp3) is 0.608. The van der Waals surface area contributed by atoms with Gasteiger partial charge in [-0.2, -0.15) is 0 Å².